The third kappa shape index (κ3) is 3.19. The van der Waals surface area contributed by atoms with E-state index in [9.17, 15) is 4.39 Å². The van der Waals surface area contributed by atoms with E-state index in [1.807, 2.05) is 72.8 Å². The summed E-state index contributed by atoms with van der Waals surface area (Å²) in [6.45, 7) is 0. The van der Waals surface area contributed by atoms with E-state index in [0.29, 0.717) is 0 Å². The molecule has 0 aliphatic rings. The van der Waals surface area contributed by atoms with Gasteiger partial charge in [0.1, 0.15) is 0 Å². The van der Waals surface area contributed by atoms with Crippen molar-refractivity contribution in [3.63, 3.8) is 0 Å². The molecule has 3 aromatic rings. The average molecular weight is 272 g/mol. The van der Waals surface area contributed by atoms with Crippen LogP contribution in [-0.2, 0) is 0 Å². The fourth-order valence-corrected chi connectivity index (χ4v) is 2.20. The van der Waals surface area contributed by atoms with Gasteiger partial charge in [0, 0.05) is 5.56 Å². The molecule has 100 valence electrons. The zero-order valence-corrected chi connectivity index (χ0v) is 11.4. The molecule has 0 bridgehead atoms. The molecule has 0 fully saturated rings. The number of fused-ring (bicyclic) bond motifs is 1. The molecule has 0 N–H and O–H groups in total. The van der Waals surface area contributed by atoms with Crippen molar-refractivity contribution in [2.24, 2.45) is 0 Å². The maximum atomic E-state index is 14.0. The Morgan fingerprint density at radius 2 is 1.52 bits per heavy atom. The fourth-order valence-electron chi connectivity index (χ4n) is 2.20. The highest BCUT2D eigenvalue weighted by Gasteiger charge is 1.98. The second-order valence-electron chi connectivity index (χ2n) is 4.68. The van der Waals surface area contributed by atoms with Crippen LogP contribution in [0.5, 0.6) is 0 Å². The first-order chi connectivity index (χ1) is 10.3. The van der Waals surface area contributed by atoms with Crippen LogP contribution in [0.15, 0.2) is 78.6 Å². The summed E-state index contributed by atoms with van der Waals surface area (Å²) in [5, 5.41) is 2.12. The average Bonchev–Trinajstić information content (AvgIpc) is 2.54. The van der Waals surface area contributed by atoms with Gasteiger partial charge < -0.3 is 0 Å². The molecule has 0 heterocycles. The minimum Gasteiger partial charge on any atom is -0.197 e. The van der Waals surface area contributed by atoms with Gasteiger partial charge in [-0.05, 0) is 40.5 Å². The third-order valence-corrected chi connectivity index (χ3v) is 3.21. The Labute approximate surface area is 123 Å². The van der Waals surface area contributed by atoms with Gasteiger partial charge in [-0.2, -0.15) is 4.39 Å². The van der Waals surface area contributed by atoms with Gasteiger partial charge in [0.25, 0.3) is 0 Å². The van der Waals surface area contributed by atoms with Crippen molar-refractivity contribution in [2.75, 3.05) is 0 Å². The lowest BCUT2D eigenvalue weighted by atomic mass is 10.0. The quantitative estimate of drug-likeness (QED) is 0.534. The molecule has 0 atom stereocenters. The molecule has 0 radical (unpaired) electrons. The molecule has 3 rings (SSSR count). The van der Waals surface area contributed by atoms with Crippen LogP contribution in [-0.4, -0.2) is 0 Å². The Morgan fingerprint density at radius 3 is 2.38 bits per heavy atom. The molecule has 0 aliphatic carbocycles. The van der Waals surface area contributed by atoms with Crippen molar-refractivity contribution in [2.45, 2.75) is 0 Å². The van der Waals surface area contributed by atoms with Crippen molar-refractivity contribution in [3.05, 3.63) is 89.8 Å². The van der Waals surface area contributed by atoms with Crippen LogP contribution in [0.3, 0.4) is 0 Å². The summed E-state index contributed by atoms with van der Waals surface area (Å²) in [5.41, 5.74) is 1.65. The van der Waals surface area contributed by atoms with E-state index in [1.165, 1.54) is 6.08 Å². The largest absolute Gasteiger partial charge is 0.197 e. The zero-order chi connectivity index (χ0) is 14.5. The predicted octanol–water partition coefficient (Wildman–Crippen LogP) is 5.20. The topological polar surface area (TPSA) is 0 Å². The first-order valence-corrected chi connectivity index (χ1v) is 6.75. The Balaban J connectivity index is 1.95. The number of allylic oxidation sites excluding steroid dienone is 1. The van der Waals surface area contributed by atoms with Gasteiger partial charge in [0.15, 0.2) is 5.83 Å². The number of halogens is 1. The van der Waals surface area contributed by atoms with Crippen LogP contribution in [0.1, 0.15) is 11.1 Å². The Hall–Kier alpha value is -2.85. The number of hydrogen-bond acceptors (Lipinski definition) is 0. The van der Waals surface area contributed by atoms with Crippen molar-refractivity contribution < 1.29 is 4.39 Å². The van der Waals surface area contributed by atoms with E-state index in [2.05, 4.69) is 11.8 Å². The van der Waals surface area contributed by atoms with Gasteiger partial charge in [0.2, 0.25) is 0 Å². The SMILES string of the molecule is F/C(C#Cc1ccccc1)=C/c1cccc2ccccc12. The normalized spacial score (nSPS) is 11.0. The molecule has 0 spiro atoms. The maximum Gasteiger partial charge on any atom is 0.174 e. The van der Waals surface area contributed by atoms with Crippen LogP contribution in [0.2, 0.25) is 0 Å². The summed E-state index contributed by atoms with van der Waals surface area (Å²) in [4.78, 5) is 0. The second kappa shape index (κ2) is 6.07. The van der Waals surface area contributed by atoms with Crippen molar-refractivity contribution in [1.29, 1.82) is 0 Å². The van der Waals surface area contributed by atoms with E-state index < -0.39 is 5.83 Å². The first-order valence-electron chi connectivity index (χ1n) is 6.75. The first kappa shape index (κ1) is 13.1. The summed E-state index contributed by atoms with van der Waals surface area (Å²) in [6.07, 6.45) is 1.48. The molecule has 0 aliphatic heterocycles. The Bertz CT molecular complexity index is 844. The molecule has 0 aromatic heterocycles. The minimum atomic E-state index is -0.435. The van der Waals surface area contributed by atoms with Crippen molar-refractivity contribution in [1.82, 2.24) is 0 Å². The van der Waals surface area contributed by atoms with Gasteiger partial charge in [-0.1, -0.05) is 66.6 Å². The van der Waals surface area contributed by atoms with Gasteiger partial charge in [0.05, 0.1) is 0 Å². The van der Waals surface area contributed by atoms with Crippen molar-refractivity contribution >= 4 is 16.8 Å². The third-order valence-electron chi connectivity index (χ3n) is 3.21. The van der Waals surface area contributed by atoms with Gasteiger partial charge in [-0.15, -0.1) is 0 Å². The van der Waals surface area contributed by atoms with Crippen LogP contribution in [0.25, 0.3) is 16.8 Å². The molecular formula is C20H13F. The maximum absolute atomic E-state index is 14.0. The van der Waals surface area contributed by atoms with Crippen LogP contribution in [0, 0.1) is 11.8 Å². The fraction of sp³-hybridized carbons (Fsp3) is 0. The predicted molar refractivity (Wildman–Crippen MR) is 86.4 cm³/mol. The number of rotatable bonds is 1. The summed E-state index contributed by atoms with van der Waals surface area (Å²) in [5.74, 6) is 4.94. The summed E-state index contributed by atoms with van der Waals surface area (Å²) in [6, 6.07) is 23.2. The minimum absolute atomic E-state index is 0.435. The number of hydrogen-bond donors (Lipinski definition) is 0. The smallest absolute Gasteiger partial charge is 0.174 e. The standard InChI is InChI=1S/C20H13F/c21-19(14-13-16-7-2-1-3-8-16)15-18-11-6-10-17-9-4-5-12-20(17)18/h1-12,15H/b19-15+. The van der Waals surface area contributed by atoms with E-state index in [4.69, 9.17) is 0 Å². The van der Waals surface area contributed by atoms with Crippen LogP contribution >= 0.6 is 0 Å². The van der Waals surface area contributed by atoms with Crippen LogP contribution in [0.4, 0.5) is 4.39 Å². The molecule has 3 aromatic carbocycles. The highest BCUT2D eigenvalue weighted by atomic mass is 19.1. The lowest BCUT2D eigenvalue weighted by molar-refractivity contribution is 0.683. The molecule has 0 unspecified atom stereocenters. The van der Waals surface area contributed by atoms with Gasteiger partial charge in [-0.25, -0.2) is 0 Å². The van der Waals surface area contributed by atoms with Crippen LogP contribution < -0.4 is 0 Å². The monoisotopic (exact) mass is 272 g/mol. The van der Waals surface area contributed by atoms with Gasteiger partial charge in [-0.3, -0.25) is 0 Å². The summed E-state index contributed by atoms with van der Waals surface area (Å²) < 4.78 is 14.0. The highest BCUT2D eigenvalue weighted by molar-refractivity contribution is 5.91. The molecular weight excluding hydrogens is 259 g/mol. The molecule has 1 heteroatoms. The molecule has 0 saturated heterocycles. The second-order valence-corrected chi connectivity index (χ2v) is 4.68. The summed E-state index contributed by atoms with van der Waals surface area (Å²) in [7, 11) is 0. The molecule has 0 saturated carbocycles. The van der Waals surface area contributed by atoms with Gasteiger partial charge >= 0.3 is 0 Å². The van der Waals surface area contributed by atoms with E-state index in [0.717, 1.165) is 21.9 Å². The Morgan fingerprint density at radius 1 is 0.810 bits per heavy atom. The van der Waals surface area contributed by atoms with E-state index in [1.54, 1.807) is 0 Å². The lowest BCUT2D eigenvalue weighted by Crippen LogP contribution is -1.79. The highest BCUT2D eigenvalue weighted by Crippen LogP contribution is 2.21. The number of benzene rings is 3. The lowest BCUT2D eigenvalue weighted by Gasteiger charge is -2.01. The molecule has 21 heavy (non-hydrogen) atoms. The zero-order valence-electron chi connectivity index (χ0n) is 11.4. The molecule has 0 nitrogen and oxygen atoms in total. The summed E-state index contributed by atoms with van der Waals surface area (Å²) >= 11 is 0. The van der Waals surface area contributed by atoms with Crippen molar-refractivity contribution in [3.8, 4) is 11.8 Å². The Kier molecular flexibility index (Phi) is 3.80. The molecule has 0 amide bonds. The van der Waals surface area contributed by atoms with E-state index >= 15 is 0 Å². The van der Waals surface area contributed by atoms with E-state index in [-0.39, 0.29) is 0 Å².